The predicted molar refractivity (Wildman–Crippen MR) is 117 cm³/mol. The van der Waals surface area contributed by atoms with Gasteiger partial charge in [0.2, 0.25) is 5.91 Å². The zero-order chi connectivity index (χ0) is 20.7. The molecule has 1 unspecified atom stereocenters. The van der Waals surface area contributed by atoms with Crippen LogP contribution in [0.15, 0.2) is 48.5 Å². The van der Waals surface area contributed by atoms with E-state index in [1.54, 1.807) is 24.3 Å². The fourth-order valence-corrected chi connectivity index (χ4v) is 5.04. The smallest absolute Gasteiger partial charge is 0.223 e. The molecule has 1 saturated heterocycles. The second kappa shape index (κ2) is 7.88. The van der Waals surface area contributed by atoms with Crippen LogP contribution in [0.4, 0.5) is 0 Å². The van der Waals surface area contributed by atoms with Gasteiger partial charge in [0.25, 0.3) is 0 Å². The number of rotatable bonds is 5. The van der Waals surface area contributed by atoms with Crippen LogP contribution in [0.5, 0.6) is 0 Å². The Kier molecular flexibility index (Phi) is 5.07. The summed E-state index contributed by atoms with van der Waals surface area (Å²) in [6.07, 6.45) is 5.07. The van der Waals surface area contributed by atoms with Crippen LogP contribution in [-0.2, 0) is 11.3 Å². The molecule has 5 rings (SSSR count). The number of carbonyl (C=O) groups excluding carboxylic acids is 2. The number of Topliss-reactive ketones (excluding diaryl/α,β-unsaturated/α-hetero) is 1. The van der Waals surface area contributed by atoms with Crippen molar-refractivity contribution in [2.75, 3.05) is 6.54 Å². The molecule has 30 heavy (non-hydrogen) atoms. The lowest BCUT2D eigenvalue weighted by Gasteiger charge is -2.24. The highest BCUT2D eigenvalue weighted by Gasteiger charge is 2.38. The molecule has 2 aromatic carbocycles. The molecule has 0 spiro atoms. The van der Waals surface area contributed by atoms with E-state index in [2.05, 4.69) is 4.90 Å². The van der Waals surface area contributed by atoms with Gasteiger partial charge < -0.3 is 9.47 Å². The van der Waals surface area contributed by atoms with Crippen molar-refractivity contribution in [3.8, 4) is 0 Å². The highest BCUT2D eigenvalue weighted by molar-refractivity contribution is 6.30. The third-order valence-corrected chi connectivity index (χ3v) is 6.69. The van der Waals surface area contributed by atoms with Crippen LogP contribution < -0.4 is 0 Å². The zero-order valence-electron chi connectivity index (χ0n) is 16.8. The largest absolute Gasteiger partial charge is 0.339 e. The average molecular weight is 422 g/mol. The van der Waals surface area contributed by atoms with Crippen molar-refractivity contribution in [2.24, 2.45) is 0 Å². The summed E-state index contributed by atoms with van der Waals surface area (Å²) < 4.78 is 2.00. The van der Waals surface area contributed by atoms with Crippen LogP contribution >= 0.6 is 11.6 Å². The fourth-order valence-electron chi connectivity index (χ4n) is 4.92. The molecule has 2 aliphatic rings. The molecule has 1 amide bonds. The first-order chi connectivity index (χ1) is 14.6. The Hall–Kier alpha value is -2.66. The lowest BCUT2D eigenvalue weighted by Crippen LogP contribution is -2.34. The SMILES string of the molecule is O=C(Cn1c(C2CC(=O)N(C3CCCC3)C2)nc2ccccc21)c1ccc(Cl)cc1. The molecule has 1 aliphatic carbocycles. The fraction of sp³-hybridized carbons (Fsp3) is 0.375. The van der Waals surface area contributed by atoms with Crippen LogP contribution in [0.1, 0.15) is 54.2 Å². The number of hydrogen-bond acceptors (Lipinski definition) is 3. The first-order valence-corrected chi connectivity index (χ1v) is 11.0. The van der Waals surface area contributed by atoms with Gasteiger partial charge in [-0.25, -0.2) is 4.98 Å². The molecule has 2 fully saturated rings. The van der Waals surface area contributed by atoms with Gasteiger partial charge in [0.15, 0.2) is 5.78 Å². The number of likely N-dealkylation sites (tertiary alicyclic amines) is 1. The number of para-hydroxylation sites is 2. The lowest BCUT2D eigenvalue weighted by atomic mass is 10.1. The van der Waals surface area contributed by atoms with Crippen molar-refractivity contribution in [3.05, 3.63) is 64.9 Å². The van der Waals surface area contributed by atoms with E-state index in [1.165, 1.54) is 12.8 Å². The van der Waals surface area contributed by atoms with Crippen LogP contribution in [0, 0.1) is 0 Å². The van der Waals surface area contributed by atoms with Crippen LogP contribution in [0.3, 0.4) is 0 Å². The minimum Gasteiger partial charge on any atom is -0.339 e. The number of benzene rings is 2. The number of ketones is 1. The molecule has 0 radical (unpaired) electrons. The summed E-state index contributed by atoms with van der Waals surface area (Å²) in [4.78, 5) is 32.7. The van der Waals surface area contributed by atoms with Crippen LogP contribution in [0.25, 0.3) is 11.0 Å². The average Bonchev–Trinajstić information content (AvgIpc) is 3.47. The van der Waals surface area contributed by atoms with E-state index in [9.17, 15) is 9.59 Å². The molecule has 154 valence electrons. The summed E-state index contributed by atoms with van der Waals surface area (Å²) in [5.41, 5.74) is 2.42. The molecular formula is C24H24ClN3O2. The number of hydrogen-bond donors (Lipinski definition) is 0. The minimum atomic E-state index is 0.00745. The molecule has 1 aliphatic heterocycles. The first kappa shape index (κ1) is 19.3. The van der Waals surface area contributed by atoms with E-state index in [1.807, 2.05) is 28.8 Å². The Morgan fingerprint density at radius 3 is 2.57 bits per heavy atom. The van der Waals surface area contributed by atoms with Crippen molar-refractivity contribution in [1.29, 1.82) is 0 Å². The minimum absolute atomic E-state index is 0.00745. The monoisotopic (exact) mass is 421 g/mol. The Morgan fingerprint density at radius 2 is 1.80 bits per heavy atom. The van der Waals surface area contributed by atoms with Crippen molar-refractivity contribution in [2.45, 2.75) is 50.6 Å². The Morgan fingerprint density at radius 1 is 1.07 bits per heavy atom. The van der Waals surface area contributed by atoms with E-state index in [0.29, 0.717) is 29.6 Å². The Labute approximate surface area is 180 Å². The standard InChI is InChI=1S/C24H24ClN3O2/c25-18-11-9-16(10-12-18)22(29)15-28-21-8-4-3-7-20(21)26-24(28)17-13-23(30)27(14-17)19-5-1-2-6-19/h3-4,7-12,17,19H,1-2,5-6,13-15H2. The first-order valence-electron chi connectivity index (χ1n) is 10.6. The van der Waals surface area contributed by atoms with Crippen molar-refractivity contribution >= 4 is 34.3 Å². The van der Waals surface area contributed by atoms with E-state index in [4.69, 9.17) is 16.6 Å². The summed E-state index contributed by atoms with van der Waals surface area (Å²) in [6, 6.07) is 15.2. The summed E-state index contributed by atoms with van der Waals surface area (Å²) in [6.45, 7) is 0.896. The van der Waals surface area contributed by atoms with Crippen molar-refractivity contribution in [1.82, 2.24) is 14.5 Å². The van der Waals surface area contributed by atoms with Gasteiger partial charge in [0, 0.05) is 35.5 Å². The molecule has 5 nitrogen and oxygen atoms in total. The number of amides is 1. The number of halogens is 1. The molecule has 1 atom stereocenters. The predicted octanol–water partition coefficient (Wildman–Crippen LogP) is 4.83. The van der Waals surface area contributed by atoms with Gasteiger partial charge in [0.05, 0.1) is 17.6 Å². The normalized spacial score (nSPS) is 19.8. The van der Waals surface area contributed by atoms with E-state index in [-0.39, 0.29) is 24.2 Å². The van der Waals surface area contributed by atoms with Gasteiger partial charge >= 0.3 is 0 Å². The quantitative estimate of drug-likeness (QED) is 0.554. The Bertz CT molecular complexity index is 1100. The maximum Gasteiger partial charge on any atom is 0.223 e. The molecule has 0 N–H and O–H groups in total. The van der Waals surface area contributed by atoms with Crippen LogP contribution in [0.2, 0.25) is 5.02 Å². The van der Waals surface area contributed by atoms with Gasteiger partial charge in [-0.2, -0.15) is 0 Å². The molecule has 3 aromatic rings. The number of nitrogens with zero attached hydrogens (tertiary/aromatic N) is 3. The van der Waals surface area contributed by atoms with Gasteiger partial charge in [0.1, 0.15) is 5.82 Å². The third kappa shape index (κ3) is 3.52. The number of fused-ring (bicyclic) bond motifs is 1. The lowest BCUT2D eigenvalue weighted by molar-refractivity contribution is -0.129. The second-order valence-electron chi connectivity index (χ2n) is 8.36. The summed E-state index contributed by atoms with van der Waals surface area (Å²) in [5.74, 6) is 1.08. The maximum absolute atomic E-state index is 13.0. The number of aromatic nitrogens is 2. The zero-order valence-corrected chi connectivity index (χ0v) is 17.5. The molecule has 0 bridgehead atoms. The van der Waals surface area contributed by atoms with Crippen LogP contribution in [-0.4, -0.2) is 38.7 Å². The third-order valence-electron chi connectivity index (χ3n) is 6.44. The van der Waals surface area contributed by atoms with E-state index < -0.39 is 0 Å². The van der Waals surface area contributed by atoms with Gasteiger partial charge in [-0.1, -0.05) is 36.6 Å². The van der Waals surface area contributed by atoms with E-state index >= 15 is 0 Å². The highest BCUT2D eigenvalue weighted by Crippen LogP contribution is 2.35. The topological polar surface area (TPSA) is 55.2 Å². The van der Waals surface area contributed by atoms with Crippen molar-refractivity contribution in [3.63, 3.8) is 0 Å². The van der Waals surface area contributed by atoms with E-state index in [0.717, 1.165) is 29.7 Å². The van der Waals surface area contributed by atoms with Gasteiger partial charge in [-0.15, -0.1) is 0 Å². The molecule has 2 heterocycles. The maximum atomic E-state index is 13.0. The molecule has 1 saturated carbocycles. The molecule has 6 heteroatoms. The highest BCUT2D eigenvalue weighted by atomic mass is 35.5. The summed E-state index contributed by atoms with van der Waals surface area (Å²) >= 11 is 5.97. The number of carbonyl (C=O) groups is 2. The Balaban J connectivity index is 1.47. The molecule has 1 aromatic heterocycles. The number of imidazole rings is 1. The molecular weight excluding hydrogens is 398 g/mol. The summed E-state index contributed by atoms with van der Waals surface area (Å²) in [5, 5.41) is 0.608. The summed E-state index contributed by atoms with van der Waals surface area (Å²) in [7, 11) is 0. The van der Waals surface area contributed by atoms with Gasteiger partial charge in [-0.3, -0.25) is 9.59 Å². The second-order valence-corrected chi connectivity index (χ2v) is 8.80. The van der Waals surface area contributed by atoms with Crippen molar-refractivity contribution < 1.29 is 9.59 Å². The van der Waals surface area contributed by atoms with Gasteiger partial charge in [-0.05, 0) is 49.2 Å².